The van der Waals surface area contributed by atoms with Gasteiger partial charge in [0.1, 0.15) is 5.75 Å². The van der Waals surface area contributed by atoms with Crippen LogP contribution in [0.25, 0.3) is 0 Å². The number of hydrogen-bond donors (Lipinski definition) is 3. The molecule has 0 aliphatic carbocycles. The molecule has 0 saturated heterocycles. The number of amides is 1. The Morgan fingerprint density at radius 3 is 1.64 bits per heavy atom. The first-order chi connectivity index (χ1) is 22.4. The summed E-state index contributed by atoms with van der Waals surface area (Å²) in [4.78, 5) is 34.9. The molecular formula is C34H63NO9Si3. The summed E-state index contributed by atoms with van der Waals surface area (Å²) in [6.45, 7) is 16.6. The van der Waals surface area contributed by atoms with Gasteiger partial charge in [-0.25, -0.2) is 4.79 Å². The second kappa shape index (κ2) is 23.4. The van der Waals surface area contributed by atoms with Crippen LogP contribution in [0.15, 0.2) is 54.6 Å². The molecule has 0 aliphatic rings. The maximum absolute atomic E-state index is 12.5. The van der Waals surface area contributed by atoms with Crippen molar-refractivity contribution < 1.29 is 40.6 Å². The van der Waals surface area contributed by atoms with Crippen LogP contribution in [0.3, 0.4) is 0 Å². The minimum atomic E-state index is -3.80. The predicted molar refractivity (Wildman–Crippen MR) is 195 cm³/mol. The molecule has 0 aromatic heterocycles. The summed E-state index contributed by atoms with van der Waals surface area (Å²) in [5.74, 6) is 0.429. The molecule has 0 bridgehead atoms. The van der Waals surface area contributed by atoms with E-state index in [9.17, 15) is 14.4 Å². The molecule has 1 amide bonds. The Kier molecular flexibility index (Phi) is 22.5. The van der Waals surface area contributed by atoms with E-state index in [-0.39, 0.29) is 18.0 Å². The van der Waals surface area contributed by atoms with Crippen molar-refractivity contribution in [1.29, 1.82) is 0 Å². The van der Waals surface area contributed by atoms with E-state index in [4.69, 9.17) is 26.2 Å². The fraction of sp³-hybridized carbons (Fsp3) is 0.618. The molecule has 0 heterocycles. The van der Waals surface area contributed by atoms with Gasteiger partial charge in [0.25, 0.3) is 0 Å². The van der Waals surface area contributed by atoms with E-state index in [0.717, 1.165) is 24.8 Å². The number of carbonyl (C=O) groups excluding carboxylic acids is 1. The molecule has 3 N–H and O–H groups in total. The van der Waals surface area contributed by atoms with E-state index in [2.05, 4.69) is 31.3 Å². The fourth-order valence-corrected chi connectivity index (χ4v) is 14.8. The first-order valence-electron chi connectivity index (χ1n) is 17.0. The van der Waals surface area contributed by atoms with Gasteiger partial charge in [-0.2, -0.15) is 0 Å². The van der Waals surface area contributed by atoms with Gasteiger partial charge in [-0.3, -0.25) is 0 Å². The van der Waals surface area contributed by atoms with Crippen molar-refractivity contribution in [2.45, 2.75) is 111 Å². The van der Waals surface area contributed by atoms with Gasteiger partial charge in [-0.1, -0.05) is 111 Å². The Bertz CT molecular complexity index is 1100. The molecule has 10 nitrogen and oxygen atoms in total. The molecular weight excluding hydrogens is 651 g/mol. The third-order valence-electron chi connectivity index (χ3n) is 7.48. The molecule has 3 atom stereocenters. The Labute approximate surface area is 288 Å². The zero-order valence-electron chi connectivity index (χ0n) is 30.8. The van der Waals surface area contributed by atoms with Gasteiger partial charge in [0.2, 0.25) is 0 Å². The normalized spacial score (nSPS) is 15.0. The molecule has 47 heavy (non-hydrogen) atoms. The second-order valence-electron chi connectivity index (χ2n) is 11.1. The Morgan fingerprint density at radius 2 is 1.17 bits per heavy atom. The summed E-state index contributed by atoms with van der Waals surface area (Å²) >= 11 is 0. The van der Waals surface area contributed by atoms with E-state index in [0.29, 0.717) is 30.7 Å². The number of ether oxygens (including phenoxy) is 1. The lowest BCUT2D eigenvalue weighted by molar-refractivity contribution is 0.0865. The maximum atomic E-state index is 12.5. The Morgan fingerprint density at radius 1 is 0.702 bits per heavy atom. The third kappa shape index (κ3) is 15.4. The van der Waals surface area contributed by atoms with Gasteiger partial charge >= 0.3 is 32.5 Å². The SMILES string of the molecule is CC.CC.CCCC[Si](O)(OC)O[Si](CCCC)(OC)O[Si](O)(CCCNC(=O)Oc1ccc(C(C)(C)c2ccccc2)cc1)OC. The van der Waals surface area contributed by atoms with E-state index < -0.39 is 32.5 Å². The lowest BCUT2D eigenvalue weighted by Crippen LogP contribution is -2.62. The van der Waals surface area contributed by atoms with E-state index in [1.807, 2.05) is 71.9 Å². The second-order valence-corrected chi connectivity index (χ2v) is 19.6. The molecule has 0 spiro atoms. The van der Waals surface area contributed by atoms with Crippen LogP contribution in [-0.2, 0) is 26.9 Å². The summed E-state index contributed by atoms with van der Waals surface area (Å²) in [7, 11) is -6.70. The number of rotatable bonds is 20. The minimum Gasteiger partial charge on any atom is -0.410 e. The standard InChI is InChI=1S/C30H51NO9Si3.2C2H6/c1-8-10-23-41(33,35-5)39-43(37-7,25-11-9-2)40-42(34,36-6)24-15-22-31-29(32)38-28-20-18-27(19-21-28)30(3,4)26-16-13-12-14-17-26;2*1-2/h12-14,16-21,33-34H,8-11,15,22-25H2,1-7H3,(H,31,32);2*1-2H3. The molecule has 0 radical (unpaired) electrons. The van der Waals surface area contributed by atoms with Crippen LogP contribution in [-0.4, -0.2) is 70.0 Å². The Balaban J connectivity index is 0.00000508. The summed E-state index contributed by atoms with van der Waals surface area (Å²) in [5.41, 5.74) is 2.10. The lowest BCUT2D eigenvalue weighted by Gasteiger charge is -2.38. The van der Waals surface area contributed by atoms with Gasteiger partial charge in [-0.05, 0) is 42.5 Å². The van der Waals surface area contributed by atoms with Crippen molar-refractivity contribution >= 4 is 32.5 Å². The van der Waals surface area contributed by atoms with Crippen LogP contribution < -0.4 is 10.1 Å². The average molecular weight is 714 g/mol. The minimum absolute atomic E-state index is 0.141. The summed E-state index contributed by atoms with van der Waals surface area (Å²) in [6.07, 6.45) is 2.91. The highest BCUT2D eigenvalue weighted by atomic mass is 28.5. The first-order valence-corrected chi connectivity index (χ1v) is 22.9. The summed E-state index contributed by atoms with van der Waals surface area (Å²) in [5, 5.41) is 2.71. The molecule has 2 rings (SSSR count). The maximum Gasteiger partial charge on any atom is 0.490 e. The number of benzene rings is 2. The van der Waals surface area contributed by atoms with Crippen molar-refractivity contribution in [2.75, 3.05) is 27.9 Å². The molecule has 13 heteroatoms. The van der Waals surface area contributed by atoms with Crippen molar-refractivity contribution in [2.24, 2.45) is 0 Å². The lowest BCUT2D eigenvalue weighted by atomic mass is 9.78. The highest BCUT2D eigenvalue weighted by molar-refractivity contribution is 6.80. The van der Waals surface area contributed by atoms with Gasteiger partial charge < -0.3 is 41.2 Å². The molecule has 2 aromatic rings. The van der Waals surface area contributed by atoms with Crippen LogP contribution in [0.4, 0.5) is 4.79 Å². The number of carbonyl (C=O) groups is 1. The molecule has 0 fully saturated rings. The predicted octanol–water partition coefficient (Wildman–Crippen LogP) is 7.92. The van der Waals surface area contributed by atoms with Crippen molar-refractivity contribution in [3.8, 4) is 5.75 Å². The fourth-order valence-electron chi connectivity index (χ4n) is 4.58. The van der Waals surface area contributed by atoms with E-state index in [1.165, 1.54) is 26.9 Å². The van der Waals surface area contributed by atoms with Crippen LogP contribution >= 0.6 is 0 Å². The highest BCUT2D eigenvalue weighted by Crippen LogP contribution is 2.32. The van der Waals surface area contributed by atoms with Crippen LogP contribution in [0.1, 0.15) is 98.6 Å². The van der Waals surface area contributed by atoms with Crippen molar-refractivity contribution in [3.05, 3.63) is 65.7 Å². The van der Waals surface area contributed by atoms with Crippen LogP contribution in [0.2, 0.25) is 18.1 Å². The molecule has 0 saturated carbocycles. The Hall–Kier alpha value is -1.92. The third-order valence-corrected chi connectivity index (χ3v) is 17.4. The largest absolute Gasteiger partial charge is 0.490 e. The number of hydrogen-bond acceptors (Lipinski definition) is 9. The van der Waals surface area contributed by atoms with Crippen molar-refractivity contribution in [3.63, 3.8) is 0 Å². The number of nitrogens with one attached hydrogen (secondary N) is 1. The van der Waals surface area contributed by atoms with E-state index >= 15 is 0 Å². The number of unbranched alkanes of at least 4 members (excludes halogenated alkanes) is 2. The summed E-state index contributed by atoms with van der Waals surface area (Å²) < 4.78 is 34.5. The zero-order chi connectivity index (χ0) is 36.0. The molecule has 0 aliphatic heterocycles. The monoisotopic (exact) mass is 713 g/mol. The van der Waals surface area contributed by atoms with Gasteiger partial charge in [0, 0.05) is 51.4 Å². The van der Waals surface area contributed by atoms with Crippen LogP contribution in [0.5, 0.6) is 5.75 Å². The van der Waals surface area contributed by atoms with Gasteiger partial charge in [-0.15, -0.1) is 0 Å². The van der Waals surface area contributed by atoms with Crippen molar-refractivity contribution in [1.82, 2.24) is 5.32 Å². The summed E-state index contributed by atoms with van der Waals surface area (Å²) in [6, 6.07) is 18.6. The quantitative estimate of drug-likeness (QED) is 0.0927. The molecule has 2 aromatic carbocycles. The van der Waals surface area contributed by atoms with Crippen LogP contribution in [0, 0.1) is 0 Å². The smallest absolute Gasteiger partial charge is 0.410 e. The molecule has 270 valence electrons. The van der Waals surface area contributed by atoms with Gasteiger partial charge in [0.05, 0.1) is 0 Å². The average Bonchev–Trinajstić information content (AvgIpc) is 3.10. The zero-order valence-corrected chi connectivity index (χ0v) is 33.8. The molecule has 3 unspecified atom stereocenters. The topological polar surface area (TPSA) is 125 Å². The van der Waals surface area contributed by atoms with E-state index in [1.54, 1.807) is 12.1 Å². The van der Waals surface area contributed by atoms with Gasteiger partial charge in [0.15, 0.2) is 0 Å². The highest BCUT2D eigenvalue weighted by Gasteiger charge is 2.55. The first kappa shape index (κ1) is 45.1.